The largest absolute Gasteiger partial charge is 0.493 e. The van der Waals surface area contributed by atoms with Crippen molar-refractivity contribution in [1.29, 1.82) is 0 Å². The third-order valence-electron chi connectivity index (χ3n) is 5.02. The van der Waals surface area contributed by atoms with E-state index in [9.17, 15) is 9.59 Å². The highest BCUT2D eigenvalue weighted by Crippen LogP contribution is 2.30. The van der Waals surface area contributed by atoms with Crippen molar-refractivity contribution in [3.05, 3.63) is 90.8 Å². The summed E-state index contributed by atoms with van der Waals surface area (Å²) in [5.74, 6) is 0.875. The molecular weight excluding hydrogens is 464 g/mol. The van der Waals surface area contributed by atoms with Gasteiger partial charge in [0.25, 0.3) is 5.91 Å². The van der Waals surface area contributed by atoms with Crippen molar-refractivity contribution in [3.63, 3.8) is 0 Å². The van der Waals surface area contributed by atoms with Gasteiger partial charge >= 0.3 is 0 Å². The summed E-state index contributed by atoms with van der Waals surface area (Å²) in [5.41, 5.74) is 2.62. The maximum Gasteiger partial charge on any atom is 0.255 e. The minimum atomic E-state index is -0.207. The van der Waals surface area contributed by atoms with Gasteiger partial charge in [0.2, 0.25) is 5.91 Å². The number of hydrogen-bond donors (Lipinski definition) is 2. The first kappa shape index (κ1) is 23.9. The summed E-state index contributed by atoms with van der Waals surface area (Å²) < 4.78 is 12.3. The Hall–Kier alpha value is -4.24. The van der Waals surface area contributed by atoms with E-state index in [4.69, 9.17) is 9.47 Å². The predicted octanol–water partition coefficient (Wildman–Crippen LogP) is 4.87. The minimum Gasteiger partial charge on any atom is -0.493 e. The van der Waals surface area contributed by atoms with Gasteiger partial charge in [-0.2, -0.15) is 0 Å². The molecule has 2 N–H and O–H groups in total. The van der Waals surface area contributed by atoms with Gasteiger partial charge in [0.1, 0.15) is 0 Å². The lowest BCUT2D eigenvalue weighted by molar-refractivity contribution is -0.113. The zero-order valence-electron chi connectivity index (χ0n) is 19.2. The molecule has 0 saturated heterocycles. The van der Waals surface area contributed by atoms with E-state index in [1.54, 1.807) is 56.9 Å². The molecule has 1 heterocycles. The second kappa shape index (κ2) is 11.3. The van der Waals surface area contributed by atoms with Crippen molar-refractivity contribution in [2.45, 2.75) is 5.16 Å². The molecule has 35 heavy (non-hydrogen) atoms. The molecule has 0 fully saturated rings. The van der Waals surface area contributed by atoms with Crippen LogP contribution in [0.1, 0.15) is 10.4 Å². The molecule has 0 radical (unpaired) electrons. The van der Waals surface area contributed by atoms with Crippen LogP contribution in [0.15, 0.2) is 90.3 Å². The van der Waals surface area contributed by atoms with Crippen LogP contribution >= 0.6 is 11.8 Å². The monoisotopic (exact) mass is 488 g/mol. The zero-order chi connectivity index (χ0) is 24.6. The summed E-state index contributed by atoms with van der Waals surface area (Å²) in [6, 6.07) is 21.7. The van der Waals surface area contributed by atoms with Gasteiger partial charge in [0.15, 0.2) is 16.7 Å². The van der Waals surface area contributed by atoms with Gasteiger partial charge in [-0.3, -0.25) is 14.2 Å². The van der Waals surface area contributed by atoms with Crippen molar-refractivity contribution in [3.8, 4) is 17.2 Å². The van der Waals surface area contributed by atoms with Gasteiger partial charge in [-0.1, -0.05) is 36.0 Å². The number of rotatable bonds is 9. The lowest BCUT2D eigenvalue weighted by Gasteiger charge is -2.11. The highest BCUT2D eigenvalue weighted by molar-refractivity contribution is 7.99. The van der Waals surface area contributed by atoms with Gasteiger partial charge in [0.05, 0.1) is 20.0 Å². The highest BCUT2D eigenvalue weighted by atomic mass is 32.2. The van der Waals surface area contributed by atoms with E-state index in [0.717, 1.165) is 11.4 Å². The first-order valence-electron chi connectivity index (χ1n) is 10.7. The number of para-hydroxylation sites is 1. The molecule has 1 aromatic heterocycles. The zero-order valence-corrected chi connectivity index (χ0v) is 20.0. The fraction of sp³-hybridized carbons (Fsp3) is 0.115. The Morgan fingerprint density at radius 2 is 1.69 bits per heavy atom. The summed E-state index contributed by atoms with van der Waals surface area (Å²) >= 11 is 1.29. The Balaban J connectivity index is 1.41. The van der Waals surface area contributed by atoms with Crippen LogP contribution in [0.2, 0.25) is 0 Å². The van der Waals surface area contributed by atoms with Crippen LogP contribution in [0.25, 0.3) is 5.69 Å². The smallest absolute Gasteiger partial charge is 0.255 e. The first-order valence-corrected chi connectivity index (χ1v) is 11.7. The molecule has 2 amide bonds. The number of thioether (sulfide) groups is 1. The minimum absolute atomic E-state index is 0.152. The number of imidazole rings is 1. The van der Waals surface area contributed by atoms with Gasteiger partial charge in [-0.25, -0.2) is 4.98 Å². The SMILES string of the molecule is COc1ccc(NC(=O)CSc2nccn2-c2cccc(C(=O)Nc3ccccc3)c2)cc1OC. The lowest BCUT2D eigenvalue weighted by atomic mass is 10.2. The predicted molar refractivity (Wildman–Crippen MR) is 137 cm³/mol. The summed E-state index contributed by atoms with van der Waals surface area (Å²) in [5, 5.41) is 6.37. The van der Waals surface area contributed by atoms with Crippen LogP contribution in [-0.4, -0.2) is 41.3 Å². The molecule has 0 bridgehead atoms. The van der Waals surface area contributed by atoms with E-state index in [-0.39, 0.29) is 17.6 Å². The van der Waals surface area contributed by atoms with Crippen molar-refractivity contribution >= 4 is 35.0 Å². The van der Waals surface area contributed by atoms with Gasteiger partial charge in [0, 0.05) is 41.1 Å². The normalized spacial score (nSPS) is 10.5. The van der Waals surface area contributed by atoms with E-state index >= 15 is 0 Å². The number of carbonyl (C=O) groups excluding carboxylic acids is 2. The van der Waals surface area contributed by atoms with Crippen molar-refractivity contribution < 1.29 is 19.1 Å². The number of nitrogens with zero attached hydrogens (tertiary/aromatic N) is 2. The Morgan fingerprint density at radius 1 is 0.886 bits per heavy atom. The van der Waals surface area contributed by atoms with Crippen molar-refractivity contribution in [2.75, 3.05) is 30.6 Å². The average Bonchev–Trinajstić information content (AvgIpc) is 3.37. The van der Waals surface area contributed by atoms with Crippen LogP contribution in [-0.2, 0) is 4.79 Å². The van der Waals surface area contributed by atoms with Gasteiger partial charge < -0.3 is 20.1 Å². The quantitative estimate of drug-likeness (QED) is 0.327. The van der Waals surface area contributed by atoms with Crippen molar-refractivity contribution in [2.24, 2.45) is 0 Å². The van der Waals surface area contributed by atoms with Crippen LogP contribution < -0.4 is 20.1 Å². The second-order valence-electron chi connectivity index (χ2n) is 7.36. The maximum absolute atomic E-state index is 12.7. The lowest BCUT2D eigenvalue weighted by Crippen LogP contribution is -2.14. The van der Waals surface area contributed by atoms with E-state index in [1.165, 1.54) is 11.8 Å². The van der Waals surface area contributed by atoms with Crippen molar-refractivity contribution in [1.82, 2.24) is 9.55 Å². The number of amides is 2. The molecule has 0 aliphatic carbocycles. The highest BCUT2D eigenvalue weighted by Gasteiger charge is 2.13. The van der Waals surface area contributed by atoms with Crippen LogP contribution in [0.3, 0.4) is 0 Å². The number of methoxy groups -OCH3 is 2. The van der Waals surface area contributed by atoms with E-state index in [0.29, 0.717) is 27.9 Å². The third kappa shape index (κ3) is 6.01. The number of anilines is 2. The number of aromatic nitrogens is 2. The molecule has 3 aromatic carbocycles. The maximum atomic E-state index is 12.7. The number of benzene rings is 3. The summed E-state index contributed by atoms with van der Waals surface area (Å²) in [6.45, 7) is 0. The average molecular weight is 489 g/mol. The van der Waals surface area contributed by atoms with Crippen LogP contribution in [0.4, 0.5) is 11.4 Å². The van der Waals surface area contributed by atoms with Crippen LogP contribution in [0, 0.1) is 0 Å². The number of ether oxygens (including phenoxy) is 2. The Labute approximate surface area is 207 Å². The molecular formula is C26H24N4O4S. The molecule has 0 aliphatic heterocycles. The molecule has 9 heteroatoms. The van der Waals surface area contributed by atoms with E-state index in [1.807, 2.05) is 47.0 Å². The summed E-state index contributed by atoms with van der Waals surface area (Å²) in [4.78, 5) is 29.6. The summed E-state index contributed by atoms with van der Waals surface area (Å²) in [7, 11) is 3.10. The van der Waals surface area contributed by atoms with E-state index < -0.39 is 0 Å². The Bertz CT molecular complexity index is 1320. The Kier molecular flexibility index (Phi) is 7.69. The molecule has 8 nitrogen and oxygen atoms in total. The fourth-order valence-corrected chi connectivity index (χ4v) is 4.13. The number of hydrogen-bond acceptors (Lipinski definition) is 6. The molecule has 4 aromatic rings. The standard InChI is InChI=1S/C26H24N4O4S/c1-33-22-12-11-20(16-23(22)34-2)28-24(31)17-35-26-27-13-14-30(26)21-10-6-7-18(15-21)25(32)29-19-8-4-3-5-9-19/h3-16H,17H2,1-2H3,(H,28,31)(H,29,32). The molecule has 178 valence electrons. The molecule has 4 rings (SSSR count). The number of carbonyl (C=O) groups is 2. The second-order valence-corrected chi connectivity index (χ2v) is 8.30. The fourth-order valence-electron chi connectivity index (χ4n) is 3.36. The molecule has 0 atom stereocenters. The third-order valence-corrected chi connectivity index (χ3v) is 5.99. The van der Waals surface area contributed by atoms with Gasteiger partial charge in [-0.15, -0.1) is 0 Å². The van der Waals surface area contributed by atoms with Gasteiger partial charge in [-0.05, 0) is 42.5 Å². The Morgan fingerprint density at radius 3 is 2.46 bits per heavy atom. The van der Waals surface area contributed by atoms with Crippen LogP contribution in [0.5, 0.6) is 11.5 Å². The molecule has 0 unspecified atom stereocenters. The first-order chi connectivity index (χ1) is 17.1. The molecule has 0 saturated carbocycles. The molecule has 0 aliphatic rings. The topological polar surface area (TPSA) is 94.5 Å². The summed E-state index contributed by atoms with van der Waals surface area (Å²) in [6.07, 6.45) is 3.45. The van der Waals surface area contributed by atoms with E-state index in [2.05, 4.69) is 15.6 Å². The molecule has 0 spiro atoms. The number of nitrogens with one attached hydrogen (secondary N) is 2.